The normalized spacial score (nSPS) is 9.00. The molecule has 0 spiro atoms. The number of hydrogen-bond acceptors (Lipinski definition) is 6. The molecule has 2 aromatic rings. The third-order valence-electron chi connectivity index (χ3n) is 2.37. The highest BCUT2D eigenvalue weighted by Gasteiger charge is 1.98. The van der Waals surface area contributed by atoms with E-state index in [0.717, 1.165) is 24.2 Å². The fourth-order valence-electron chi connectivity index (χ4n) is 1.34. The molecule has 0 saturated heterocycles. The predicted molar refractivity (Wildman–Crippen MR) is 95.9 cm³/mol. The second-order valence-corrected chi connectivity index (χ2v) is 5.55. The summed E-state index contributed by atoms with van der Waals surface area (Å²) in [4.78, 5) is 10.5. The summed E-state index contributed by atoms with van der Waals surface area (Å²) in [7, 11) is 0. The maximum atomic E-state index is 8.54. The highest BCUT2D eigenvalue weighted by Crippen LogP contribution is 2.12. The van der Waals surface area contributed by atoms with Crippen molar-refractivity contribution in [1.82, 2.24) is 9.97 Å². The topological polar surface area (TPSA) is 66.2 Å². The highest BCUT2D eigenvalue weighted by atomic mass is 79.9. The standard InChI is InChI=1S/2C6H9NOS.2BrH/c2*1-5-6(2-3-8)9-4-7-5;;/h2*4,8H,2-3H2,1H3;2*1H. The summed E-state index contributed by atoms with van der Waals surface area (Å²) >= 11 is 3.21. The van der Waals surface area contributed by atoms with E-state index in [2.05, 4.69) is 9.97 Å². The fourth-order valence-corrected chi connectivity index (χ4v) is 2.88. The summed E-state index contributed by atoms with van der Waals surface area (Å²) in [6.45, 7) is 4.37. The van der Waals surface area contributed by atoms with Crippen molar-refractivity contribution in [2.75, 3.05) is 13.2 Å². The molecule has 116 valence electrons. The number of halogens is 2. The monoisotopic (exact) mass is 446 g/mol. The number of aliphatic hydroxyl groups excluding tert-OH is 2. The molecule has 4 nitrogen and oxygen atoms in total. The smallest absolute Gasteiger partial charge is 0.0797 e. The van der Waals surface area contributed by atoms with Gasteiger partial charge in [0.2, 0.25) is 0 Å². The molecule has 20 heavy (non-hydrogen) atoms. The van der Waals surface area contributed by atoms with Gasteiger partial charge in [0.05, 0.1) is 22.4 Å². The average Bonchev–Trinajstić information content (AvgIpc) is 2.92. The first-order chi connectivity index (χ1) is 8.69. The molecule has 2 rings (SSSR count). The van der Waals surface area contributed by atoms with E-state index in [9.17, 15) is 0 Å². The van der Waals surface area contributed by atoms with Crippen LogP contribution in [0.25, 0.3) is 0 Å². The average molecular weight is 448 g/mol. The zero-order valence-corrected chi connectivity index (χ0v) is 16.5. The number of rotatable bonds is 4. The van der Waals surface area contributed by atoms with Crippen molar-refractivity contribution < 1.29 is 10.2 Å². The first-order valence-electron chi connectivity index (χ1n) is 5.68. The molecule has 0 aliphatic rings. The van der Waals surface area contributed by atoms with Crippen LogP contribution in [0.5, 0.6) is 0 Å². The molecule has 0 aromatic carbocycles. The zero-order valence-electron chi connectivity index (χ0n) is 11.4. The van der Waals surface area contributed by atoms with Crippen molar-refractivity contribution in [1.29, 1.82) is 0 Å². The van der Waals surface area contributed by atoms with Crippen molar-refractivity contribution in [3.05, 3.63) is 32.2 Å². The molecule has 8 heteroatoms. The molecule has 0 atom stereocenters. The Labute approximate surface area is 148 Å². The number of nitrogens with zero attached hydrogens (tertiary/aromatic N) is 2. The number of aryl methyl sites for hydroxylation is 2. The summed E-state index contributed by atoms with van der Waals surface area (Å²) < 4.78 is 0. The first kappa shape index (κ1) is 22.4. The summed E-state index contributed by atoms with van der Waals surface area (Å²) in [5.74, 6) is 0. The maximum absolute atomic E-state index is 8.54. The van der Waals surface area contributed by atoms with Crippen molar-refractivity contribution >= 4 is 56.6 Å². The molecule has 0 amide bonds. The minimum Gasteiger partial charge on any atom is -0.396 e. The Hall–Kier alpha value is 0.140. The van der Waals surface area contributed by atoms with Crippen LogP contribution < -0.4 is 0 Å². The van der Waals surface area contributed by atoms with Crippen molar-refractivity contribution in [3.8, 4) is 0 Å². The van der Waals surface area contributed by atoms with Crippen LogP contribution in [0.15, 0.2) is 11.0 Å². The van der Waals surface area contributed by atoms with Gasteiger partial charge in [0.15, 0.2) is 0 Å². The van der Waals surface area contributed by atoms with Gasteiger partial charge in [-0.15, -0.1) is 56.6 Å². The van der Waals surface area contributed by atoms with Crippen LogP contribution >= 0.6 is 56.6 Å². The second kappa shape index (κ2) is 12.8. The van der Waals surface area contributed by atoms with Gasteiger partial charge < -0.3 is 10.2 Å². The molecule has 0 aliphatic heterocycles. The van der Waals surface area contributed by atoms with Gasteiger partial charge in [-0.1, -0.05) is 0 Å². The Morgan fingerprint density at radius 2 is 1.20 bits per heavy atom. The number of thiazole rings is 2. The van der Waals surface area contributed by atoms with Gasteiger partial charge in [-0.25, -0.2) is 9.97 Å². The van der Waals surface area contributed by atoms with E-state index in [1.165, 1.54) is 9.75 Å². The van der Waals surface area contributed by atoms with Gasteiger partial charge in [-0.3, -0.25) is 0 Å². The van der Waals surface area contributed by atoms with Gasteiger partial charge in [0, 0.05) is 35.8 Å². The summed E-state index contributed by atoms with van der Waals surface area (Å²) in [5.41, 5.74) is 5.71. The molecule has 0 bridgehead atoms. The Morgan fingerprint density at radius 3 is 1.40 bits per heavy atom. The molecule has 0 unspecified atom stereocenters. The van der Waals surface area contributed by atoms with Gasteiger partial charge in [0.25, 0.3) is 0 Å². The molecule has 0 saturated carbocycles. The molecule has 0 radical (unpaired) electrons. The largest absolute Gasteiger partial charge is 0.396 e. The van der Waals surface area contributed by atoms with Crippen molar-refractivity contribution in [2.24, 2.45) is 0 Å². The molecule has 0 fully saturated rings. The Kier molecular flexibility index (Phi) is 14.4. The van der Waals surface area contributed by atoms with E-state index in [0.29, 0.717) is 0 Å². The Bertz CT molecular complexity index is 422. The minimum atomic E-state index is 0. The quantitative estimate of drug-likeness (QED) is 0.755. The lowest BCUT2D eigenvalue weighted by molar-refractivity contribution is 0.300. The third-order valence-corrected chi connectivity index (χ3v) is 4.36. The lowest BCUT2D eigenvalue weighted by Gasteiger charge is -1.90. The summed E-state index contributed by atoms with van der Waals surface area (Å²) in [5, 5.41) is 17.1. The number of hydrogen-bond donors (Lipinski definition) is 2. The van der Waals surface area contributed by atoms with Crippen LogP contribution in [-0.2, 0) is 12.8 Å². The van der Waals surface area contributed by atoms with Crippen LogP contribution in [0.2, 0.25) is 0 Å². The Balaban J connectivity index is 0. The van der Waals surface area contributed by atoms with Crippen LogP contribution in [0.1, 0.15) is 21.1 Å². The highest BCUT2D eigenvalue weighted by molar-refractivity contribution is 8.93. The van der Waals surface area contributed by atoms with Crippen molar-refractivity contribution in [3.63, 3.8) is 0 Å². The zero-order chi connectivity index (χ0) is 13.4. The second-order valence-electron chi connectivity index (χ2n) is 3.67. The summed E-state index contributed by atoms with van der Waals surface area (Å²) in [6.07, 6.45) is 1.49. The molecule has 2 heterocycles. The van der Waals surface area contributed by atoms with Gasteiger partial charge in [0.1, 0.15) is 0 Å². The van der Waals surface area contributed by atoms with E-state index >= 15 is 0 Å². The van der Waals surface area contributed by atoms with E-state index < -0.39 is 0 Å². The van der Waals surface area contributed by atoms with E-state index in [4.69, 9.17) is 10.2 Å². The molecule has 2 N–H and O–H groups in total. The third kappa shape index (κ3) is 7.80. The SMILES string of the molecule is Br.Br.Cc1ncsc1CCO.Cc1ncsc1CCO. The van der Waals surface area contributed by atoms with E-state index in [1.54, 1.807) is 33.7 Å². The first-order valence-corrected chi connectivity index (χ1v) is 7.44. The molecular formula is C12H20Br2N2O2S2. The van der Waals surface area contributed by atoms with Gasteiger partial charge in [-0.05, 0) is 13.8 Å². The molecule has 2 aromatic heterocycles. The van der Waals surface area contributed by atoms with Crippen LogP contribution in [0.3, 0.4) is 0 Å². The number of aliphatic hydroxyl groups is 2. The Morgan fingerprint density at radius 1 is 0.850 bits per heavy atom. The van der Waals surface area contributed by atoms with Crippen LogP contribution in [0, 0.1) is 13.8 Å². The predicted octanol–water partition coefficient (Wildman–Crippen LogP) is 3.13. The van der Waals surface area contributed by atoms with Crippen molar-refractivity contribution in [2.45, 2.75) is 26.7 Å². The maximum Gasteiger partial charge on any atom is 0.0797 e. The van der Waals surface area contributed by atoms with Crippen LogP contribution in [-0.4, -0.2) is 33.4 Å². The minimum absolute atomic E-state index is 0. The fraction of sp³-hybridized carbons (Fsp3) is 0.500. The number of aromatic nitrogens is 2. The molecule has 0 aliphatic carbocycles. The lowest BCUT2D eigenvalue weighted by atomic mass is 10.3. The molecular weight excluding hydrogens is 428 g/mol. The van der Waals surface area contributed by atoms with Gasteiger partial charge >= 0.3 is 0 Å². The van der Waals surface area contributed by atoms with E-state index in [1.807, 2.05) is 13.8 Å². The van der Waals surface area contributed by atoms with Gasteiger partial charge in [-0.2, -0.15) is 0 Å². The lowest BCUT2D eigenvalue weighted by Crippen LogP contribution is -1.88. The van der Waals surface area contributed by atoms with Crippen LogP contribution in [0.4, 0.5) is 0 Å². The summed E-state index contributed by atoms with van der Waals surface area (Å²) in [6, 6.07) is 0. The van der Waals surface area contributed by atoms with E-state index in [-0.39, 0.29) is 47.2 Å².